The molecule has 3 nitrogen and oxygen atoms in total. The Bertz CT molecular complexity index is 519. The largest absolute Gasteiger partial charge is 0.294 e. The van der Waals surface area contributed by atoms with Gasteiger partial charge in [0.15, 0.2) is 5.78 Å². The van der Waals surface area contributed by atoms with E-state index in [1.807, 2.05) is 37.5 Å². The van der Waals surface area contributed by atoms with Crippen LogP contribution in [-0.4, -0.2) is 15.6 Å². The molecular weight excluding hydrogens is 315 g/mol. The first-order valence-corrected chi connectivity index (χ1v) is 6.00. The molecule has 0 saturated carbocycles. The Labute approximate surface area is 108 Å². The summed E-state index contributed by atoms with van der Waals surface area (Å²) >= 11 is 2.18. The topological polar surface area (TPSA) is 34.9 Å². The van der Waals surface area contributed by atoms with E-state index < -0.39 is 0 Å². The second kappa shape index (κ2) is 4.78. The molecule has 0 bridgehead atoms. The maximum absolute atomic E-state index is 12.0. The number of benzene rings is 1. The smallest absolute Gasteiger partial charge is 0.168 e. The molecule has 0 aliphatic carbocycles. The lowest BCUT2D eigenvalue weighted by Crippen LogP contribution is -2.04. The molecule has 1 aromatic heterocycles. The van der Waals surface area contributed by atoms with E-state index in [-0.39, 0.29) is 5.78 Å². The molecular formula is C12H11IN2O. The third kappa shape index (κ3) is 2.49. The van der Waals surface area contributed by atoms with Crippen LogP contribution in [0.4, 0.5) is 0 Å². The van der Waals surface area contributed by atoms with Crippen molar-refractivity contribution in [1.29, 1.82) is 0 Å². The predicted molar refractivity (Wildman–Crippen MR) is 70.4 cm³/mol. The maximum atomic E-state index is 12.0. The summed E-state index contributed by atoms with van der Waals surface area (Å²) in [4.78, 5) is 12.0. The maximum Gasteiger partial charge on any atom is 0.168 e. The summed E-state index contributed by atoms with van der Waals surface area (Å²) in [7, 11) is 1.85. The predicted octanol–water partition coefficient (Wildman–Crippen LogP) is 2.45. The Kier molecular flexibility index (Phi) is 3.38. The van der Waals surface area contributed by atoms with Gasteiger partial charge >= 0.3 is 0 Å². The molecule has 0 atom stereocenters. The molecule has 0 fully saturated rings. The van der Waals surface area contributed by atoms with Gasteiger partial charge < -0.3 is 0 Å². The van der Waals surface area contributed by atoms with Gasteiger partial charge in [-0.3, -0.25) is 9.48 Å². The minimum Gasteiger partial charge on any atom is -0.294 e. The Hall–Kier alpha value is -1.17. The molecule has 0 unspecified atom stereocenters. The number of ketones is 1. The highest BCUT2D eigenvalue weighted by Gasteiger charge is 2.10. The second-order valence-electron chi connectivity index (χ2n) is 3.60. The van der Waals surface area contributed by atoms with E-state index in [0.717, 1.165) is 14.7 Å². The van der Waals surface area contributed by atoms with Gasteiger partial charge in [-0.1, -0.05) is 18.2 Å². The molecule has 0 amide bonds. The molecule has 1 aromatic carbocycles. The quantitative estimate of drug-likeness (QED) is 0.641. The molecule has 0 aliphatic rings. The van der Waals surface area contributed by atoms with Crippen molar-refractivity contribution in [3.8, 4) is 0 Å². The highest BCUT2D eigenvalue weighted by molar-refractivity contribution is 14.1. The SMILES string of the molecule is Cn1cc(CC(=O)c2ccccc2I)cn1. The van der Waals surface area contributed by atoms with Gasteiger partial charge in [-0.15, -0.1) is 0 Å². The lowest BCUT2D eigenvalue weighted by Gasteiger charge is -2.01. The van der Waals surface area contributed by atoms with Crippen molar-refractivity contribution < 1.29 is 4.79 Å². The van der Waals surface area contributed by atoms with Crippen molar-refractivity contribution in [2.45, 2.75) is 6.42 Å². The summed E-state index contributed by atoms with van der Waals surface area (Å²) < 4.78 is 2.70. The highest BCUT2D eigenvalue weighted by Crippen LogP contribution is 2.14. The summed E-state index contributed by atoms with van der Waals surface area (Å²) in [5, 5.41) is 4.05. The van der Waals surface area contributed by atoms with Gasteiger partial charge in [-0.2, -0.15) is 5.10 Å². The third-order valence-corrected chi connectivity index (χ3v) is 3.24. The summed E-state index contributed by atoms with van der Waals surface area (Å²) in [5.74, 6) is 0.137. The van der Waals surface area contributed by atoms with Crippen LogP contribution in [0, 0.1) is 3.57 Å². The first kappa shape index (κ1) is 11.3. The Morgan fingerprint density at radius 1 is 1.44 bits per heavy atom. The number of aromatic nitrogens is 2. The van der Waals surface area contributed by atoms with Gasteiger partial charge in [0.25, 0.3) is 0 Å². The summed E-state index contributed by atoms with van der Waals surface area (Å²) in [6, 6.07) is 7.62. The van der Waals surface area contributed by atoms with Crippen LogP contribution in [0.2, 0.25) is 0 Å². The second-order valence-corrected chi connectivity index (χ2v) is 4.76. The number of Topliss-reactive ketones (excluding diaryl/α,β-unsaturated/α-hetero) is 1. The molecule has 2 aromatic rings. The lowest BCUT2D eigenvalue weighted by molar-refractivity contribution is 0.0992. The van der Waals surface area contributed by atoms with Crippen molar-refractivity contribution in [3.05, 3.63) is 51.4 Å². The molecule has 0 radical (unpaired) electrons. The molecule has 1 heterocycles. The van der Waals surface area contributed by atoms with Crippen LogP contribution in [0.5, 0.6) is 0 Å². The van der Waals surface area contributed by atoms with E-state index in [2.05, 4.69) is 27.7 Å². The first-order chi connectivity index (χ1) is 7.66. The lowest BCUT2D eigenvalue weighted by atomic mass is 10.1. The zero-order chi connectivity index (χ0) is 11.5. The number of hydrogen-bond donors (Lipinski definition) is 0. The van der Waals surface area contributed by atoms with E-state index in [0.29, 0.717) is 6.42 Å². The Morgan fingerprint density at radius 3 is 2.81 bits per heavy atom. The monoisotopic (exact) mass is 326 g/mol. The first-order valence-electron chi connectivity index (χ1n) is 4.92. The average Bonchev–Trinajstić information content (AvgIpc) is 2.64. The van der Waals surface area contributed by atoms with E-state index in [1.54, 1.807) is 10.9 Å². The molecule has 2 rings (SSSR count). The molecule has 0 spiro atoms. The van der Waals surface area contributed by atoms with Crippen LogP contribution in [0.15, 0.2) is 36.7 Å². The van der Waals surface area contributed by atoms with Gasteiger partial charge in [-0.25, -0.2) is 0 Å². The van der Waals surface area contributed by atoms with Crippen LogP contribution >= 0.6 is 22.6 Å². The number of hydrogen-bond acceptors (Lipinski definition) is 2. The zero-order valence-electron chi connectivity index (χ0n) is 8.85. The van der Waals surface area contributed by atoms with Gasteiger partial charge in [0.2, 0.25) is 0 Å². The van der Waals surface area contributed by atoms with Crippen LogP contribution in [0.3, 0.4) is 0 Å². The minimum atomic E-state index is 0.137. The minimum absolute atomic E-state index is 0.137. The van der Waals surface area contributed by atoms with Crippen molar-refractivity contribution >= 4 is 28.4 Å². The number of carbonyl (C=O) groups is 1. The van der Waals surface area contributed by atoms with Gasteiger partial charge in [-0.05, 0) is 34.2 Å². The standard InChI is InChI=1S/C12H11IN2O/c1-15-8-9(7-14-15)6-12(16)10-4-2-3-5-11(10)13/h2-5,7-8H,6H2,1H3. The van der Waals surface area contributed by atoms with Gasteiger partial charge in [0, 0.05) is 28.8 Å². The van der Waals surface area contributed by atoms with Gasteiger partial charge in [0.05, 0.1) is 6.20 Å². The fourth-order valence-electron chi connectivity index (χ4n) is 1.53. The number of carbonyl (C=O) groups excluding carboxylic acids is 1. The fourth-order valence-corrected chi connectivity index (χ4v) is 2.22. The third-order valence-electron chi connectivity index (χ3n) is 2.30. The van der Waals surface area contributed by atoms with Crippen molar-refractivity contribution in [2.75, 3.05) is 0 Å². The summed E-state index contributed by atoms with van der Waals surface area (Å²) in [6.07, 6.45) is 4.01. The van der Waals surface area contributed by atoms with E-state index in [4.69, 9.17) is 0 Å². The Balaban J connectivity index is 2.18. The summed E-state index contributed by atoms with van der Waals surface area (Å²) in [6.45, 7) is 0. The number of halogens is 1. The molecule has 16 heavy (non-hydrogen) atoms. The van der Waals surface area contributed by atoms with Crippen molar-refractivity contribution in [1.82, 2.24) is 9.78 Å². The van der Waals surface area contributed by atoms with Gasteiger partial charge in [0.1, 0.15) is 0 Å². The molecule has 0 saturated heterocycles. The normalized spacial score (nSPS) is 10.4. The number of nitrogens with zero attached hydrogens (tertiary/aromatic N) is 2. The average molecular weight is 326 g/mol. The summed E-state index contributed by atoms with van der Waals surface area (Å²) in [5.41, 5.74) is 1.74. The van der Waals surface area contributed by atoms with Crippen LogP contribution in [0.25, 0.3) is 0 Å². The van der Waals surface area contributed by atoms with Crippen LogP contribution < -0.4 is 0 Å². The molecule has 0 N–H and O–H groups in total. The molecule has 82 valence electrons. The van der Waals surface area contributed by atoms with Crippen molar-refractivity contribution in [3.63, 3.8) is 0 Å². The number of rotatable bonds is 3. The zero-order valence-corrected chi connectivity index (χ0v) is 11.0. The Morgan fingerprint density at radius 2 is 2.19 bits per heavy atom. The van der Waals surface area contributed by atoms with Crippen molar-refractivity contribution in [2.24, 2.45) is 7.05 Å². The molecule has 4 heteroatoms. The van der Waals surface area contributed by atoms with E-state index in [1.165, 1.54) is 0 Å². The van der Waals surface area contributed by atoms with E-state index in [9.17, 15) is 4.79 Å². The van der Waals surface area contributed by atoms with E-state index >= 15 is 0 Å². The van der Waals surface area contributed by atoms with Crippen LogP contribution in [0.1, 0.15) is 15.9 Å². The molecule has 0 aliphatic heterocycles. The number of aryl methyl sites for hydroxylation is 1. The van der Waals surface area contributed by atoms with Crippen LogP contribution in [-0.2, 0) is 13.5 Å². The highest BCUT2D eigenvalue weighted by atomic mass is 127. The fraction of sp³-hybridized carbons (Fsp3) is 0.167.